The molecule has 2 aromatic carbocycles. The number of nitrogens with zero attached hydrogens (tertiary/aromatic N) is 3. The highest BCUT2D eigenvalue weighted by atomic mass is 32.1. The van der Waals surface area contributed by atoms with Gasteiger partial charge in [-0.15, -0.1) is 0 Å². The predicted octanol–water partition coefficient (Wildman–Crippen LogP) is 4.97. The lowest BCUT2D eigenvalue weighted by molar-refractivity contribution is -0.116. The summed E-state index contributed by atoms with van der Waals surface area (Å²) in [6.45, 7) is 2.35. The van der Waals surface area contributed by atoms with E-state index in [4.69, 9.17) is 17.0 Å². The van der Waals surface area contributed by atoms with E-state index in [1.807, 2.05) is 89.3 Å². The summed E-state index contributed by atoms with van der Waals surface area (Å²) in [6.07, 6.45) is 3.90. The Morgan fingerprint density at radius 1 is 1.03 bits per heavy atom. The van der Waals surface area contributed by atoms with Crippen molar-refractivity contribution >= 4 is 34.9 Å². The number of nitrogens with one attached hydrogen (secondary N) is 2. The van der Waals surface area contributed by atoms with Crippen molar-refractivity contribution in [2.75, 3.05) is 19.0 Å². The number of rotatable bonds is 8. The highest BCUT2D eigenvalue weighted by Gasteiger charge is 2.41. The molecule has 4 aromatic rings. The molecule has 1 aliphatic rings. The summed E-state index contributed by atoms with van der Waals surface area (Å²) >= 11 is 5.79. The number of amides is 1. The third-order valence-corrected chi connectivity index (χ3v) is 7.20. The maximum absolute atomic E-state index is 12.9. The number of pyridine rings is 1. The Morgan fingerprint density at radius 3 is 2.56 bits per heavy atom. The molecule has 2 atom stereocenters. The molecule has 9 heteroatoms. The average Bonchev–Trinajstić information content (AvgIpc) is 3.57. The van der Waals surface area contributed by atoms with Gasteiger partial charge < -0.3 is 24.8 Å². The molecule has 8 nitrogen and oxygen atoms in total. The molecule has 0 aliphatic carbocycles. The van der Waals surface area contributed by atoms with E-state index in [0.29, 0.717) is 22.9 Å². The van der Waals surface area contributed by atoms with Gasteiger partial charge in [-0.3, -0.25) is 9.78 Å². The van der Waals surface area contributed by atoms with Crippen LogP contribution in [0, 0.1) is 6.92 Å². The maximum atomic E-state index is 12.9. The number of anilines is 1. The van der Waals surface area contributed by atoms with Crippen molar-refractivity contribution < 1.29 is 14.3 Å². The van der Waals surface area contributed by atoms with Gasteiger partial charge in [0.05, 0.1) is 36.1 Å². The lowest BCUT2D eigenvalue weighted by Gasteiger charge is -2.29. The van der Waals surface area contributed by atoms with E-state index < -0.39 is 5.97 Å². The fraction of sp³-hybridized carbons (Fsp3) is 0.200. The second kappa shape index (κ2) is 11.5. The molecule has 0 spiro atoms. The number of aryl methyl sites for hydroxylation is 1. The summed E-state index contributed by atoms with van der Waals surface area (Å²) < 4.78 is 7.02. The summed E-state index contributed by atoms with van der Waals surface area (Å²) in [6, 6.07) is 24.1. The quantitative estimate of drug-likeness (QED) is 0.241. The number of hydrogen-bond donors (Lipinski definition) is 2. The zero-order valence-electron chi connectivity index (χ0n) is 21.7. The molecule has 39 heavy (non-hydrogen) atoms. The Morgan fingerprint density at radius 2 is 1.79 bits per heavy atom. The van der Waals surface area contributed by atoms with E-state index in [1.165, 1.54) is 7.11 Å². The third kappa shape index (κ3) is 5.39. The molecule has 3 heterocycles. The summed E-state index contributed by atoms with van der Waals surface area (Å²) in [5.41, 5.74) is 4.66. The second-order valence-corrected chi connectivity index (χ2v) is 9.63. The Balaban J connectivity index is 1.49. The Bertz CT molecular complexity index is 1500. The number of carbonyl (C=O) groups excluding carboxylic acids is 2. The molecule has 5 rings (SSSR count). The van der Waals surface area contributed by atoms with Crippen LogP contribution in [0.3, 0.4) is 0 Å². The van der Waals surface area contributed by atoms with Gasteiger partial charge in [0.25, 0.3) is 0 Å². The van der Waals surface area contributed by atoms with Crippen LogP contribution in [-0.2, 0) is 9.53 Å². The van der Waals surface area contributed by atoms with E-state index in [-0.39, 0.29) is 24.4 Å². The van der Waals surface area contributed by atoms with Gasteiger partial charge in [0.15, 0.2) is 5.11 Å². The fourth-order valence-corrected chi connectivity index (χ4v) is 5.27. The molecule has 1 saturated heterocycles. The Labute approximate surface area is 232 Å². The molecule has 198 valence electrons. The fourth-order valence-electron chi connectivity index (χ4n) is 4.94. The first-order valence-electron chi connectivity index (χ1n) is 12.7. The number of hydrogen-bond acceptors (Lipinski definition) is 5. The van der Waals surface area contributed by atoms with Crippen LogP contribution < -0.4 is 10.6 Å². The highest BCUT2D eigenvalue weighted by Crippen LogP contribution is 2.40. The SMILES string of the molecule is COC(=O)c1ccccc1-n1cccc1C1C(c2ccccn2)NC(=S)N1CCC(=O)Nc1ccccc1C. The minimum absolute atomic E-state index is 0.0986. The molecule has 1 fully saturated rings. The van der Waals surface area contributed by atoms with Gasteiger partial charge >= 0.3 is 5.97 Å². The van der Waals surface area contributed by atoms with Gasteiger partial charge in [-0.25, -0.2) is 4.79 Å². The summed E-state index contributed by atoms with van der Waals surface area (Å²) in [4.78, 5) is 32.2. The minimum atomic E-state index is -0.420. The molecule has 1 amide bonds. The lowest BCUT2D eigenvalue weighted by Crippen LogP contribution is -2.33. The minimum Gasteiger partial charge on any atom is -0.465 e. The van der Waals surface area contributed by atoms with Crippen LogP contribution in [0.25, 0.3) is 5.69 Å². The number of methoxy groups -OCH3 is 1. The van der Waals surface area contributed by atoms with E-state index in [0.717, 1.165) is 22.6 Å². The first kappa shape index (κ1) is 26.1. The summed E-state index contributed by atoms with van der Waals surface area (Å²) in [5, 5.41) is 6.97. The average molecular weight is 540 g/mol. The standard InChI is InChI=1S/C30H29N5O3S/c1-20-10-3-5-12-22(20)32-26(36)16-19-35-28(27(33-30(35)39)23-13-7-8-17-31-23)25-15-9-18-34(25)24-14-6-4-11-21(24)29(37)38-2/h3-15,17-18,27-28H,16,19H2,1-2H3,(H,32,36)(H,33,39). The van der Waals surface area contributed by atoms with Gasteiger partial charge in [0, 0.05) is 36.7 Å². The van der Waals surface area contributed by atoms with Gasteiger partial charge in [0.1, 0.15) is 0 Å². The molecule has 0 radical (unpaired) electrons. The number of thiocarbonyl (C=S) groups is 1. The van der Waals surface area contributed by atoms with Crippen molar-refractivity contribution in [3.63, 3.8) is 0 Å². The third-order valence-electron chi connectivity index (χ3n) is 6.85. The summed E-state index contributed by atoms with van der Waals surface area (Å²) in [7, 11) is 1.37. The van der Waals surface area contributed by atoms with Gasteiger partial charge in [0.2, 0.25) is 5.91 Å². The normalized spacial score (nSPS) is 16.6. The molecule has 0 bridgehead atoms. The molecule has 0 saturated carbocycles. The van der Waals surface area contributed by atoms with E-state index in [9.17, 15) is 9.59 Å². The number of esters is 1. The lowest BCUT2D eigenvalue weighted by atomic mass is 10.0. The zero-order valence-corrected chi connectivity index (χ0v) is 22.5. The van der Waals surface area contributed by atoms with E-state index >= 15 is 0 Å². The number of carbonyl (C=O) groups is 2. The molecular weight excluding hydrogens is 510 g/mol. The largest absolute Gasteiger partial charge is 0.465 e. The Kier molecular flexibility index (Phi) is 7.69. The van der Waals surface area contributed by atoms with Crippen LogP contribution in [0.5, 0.6) is 0 Å². The molecular formula is C30H29N5O3S. The molecule has 2 aromatic heterocycles. The smallest absolute Gasteiger partial charge is 0.339 e. The number of ether oxygens (including phenoxy) is 1. The van der Waals surface area contributed by atoms with Crippen LogP contribution >= 0.6 is 12.2 Å². The monoisotopic (exact) mass is 539 g/mol. The zero-order chi connectivity index (χ0) is 27.4. The van der Waals surface area contributed by atoms with Gasteiger partial charge in [-0.2, -0.15) is 0 Å². The van der Waals surface area contributed by atoms with Gasteiger partial charge in [-0.1, -0.05) is 36.4 Å². The molecule has 2 unspecified atom stereocenters. The predicted molar refractivity (Wildman–Crippen MR) is 154 cm³/mol. The van der Waals surface area contributed by atoms with Crippen molar-refractivity contribution in [1.82, 2.24) is 19.8 Å². The van der Waals surface area contributed by atoms with Crippen molar-refractivity contribution in [1.29, 1.82) is 0 Å². The molecule has 1 aliphatic heterocycles. The van der Waals surface area contributed by atoms with Crippen LogP contribution in [0.15, 0.2) is 91.3 Å². The van der Waals surface area contributed by atoms with Crippen LogP contribution in [0.1, 0.15) is 45.8 Å². The highest BCUT2D eigenvalue weighted by molar-refractivity contribution is 7.80. The number of aromatic nitrogens is 2. The first-order chi connectivity index (χ1) is 19.0. The number of benzene rings is 2. The summed E-state index contributed by atoms with van der Waals surface area (Å²) in [5.74, 6) is -0.519. The van der Waals surface area contributed by atoms with Crippen molar-refractivity contribution in [3.8, 4) is 5.69 Å². The van der Waals surface area contributed by atoms with Crippen LogP contribution in [0.4, 0.5) is 5.69 Å². The first-order valence-corrected chi connectivity index (χ1v) is 13.1. The van der Waals surface area contributed by atoms with Crippen molar-refractivity contribution in [2.24, 2.45) is 0 Å². The van der Waals surface area contributed by atoms with Crippen LogP contribution in [-0.4, -0.2) is 45.1 Å². The topological polar surface area (TPSA) is 88.5 Å². The van der Waals surface area contributed by atoms with Crippen molar-refractivity contribution in [3.05, 3.63) is 114 Å². The second-order valence-electron chi connectivity index (χ2n) is 9.24. The number of para-hydroxylation sites is 2. The van der Waals surface area contributed by atoms with E-state index in [2.05, 4.69) is 15.6 Å². The Hall–Kier alpha value is -4.50. The molecule has 2 N–H and O–H groups in total. The van der Waals surface area contributed by atoms with Crippen LogP contribution in [0.2, 0.25) is 0 Å². The van der Waals surface area contributed by atoms with Crippen molar-refractivity contribution in [2.45, 2.75) is 25.4 Å². The van der Waals surface area contributed by atoms with E-state index in [1.54, 1.807) is 18.3 Å². The maximum Gasteiger partial charge on any atom is 0.339 e. The van der Waals surface area contributed by atoms with Gasteiger partial charge in [-0.05, 0) is 67.2 Å².